The van der Waals surface area contributed by atoms with Crippen LogP contribution in [0, 0.1) is 11.7 Å². The molecule has 0 bridgehead atoms. The van der Waals surface area contributed by atoms with Crippen LogP contribution in [-0.4, -0.2) is 60.4 Å². The number of halogens is 1. The Balaban J connectivity index is 1.39. The molecule has 148 valence electrons. The van der Waals surface area contributed by atoms with Crippen molar-refractivity contribution in [3.63, 3.8) is 0 Å². The molecule has 1 aliphatic heterocycles. The number of piperazine rings is 1. The highest BCUT2D eigenvalue weighted by Crippen LogP contribution is 2.23. The Morgan fingerprint density at radius 3 is 2.41 bits per heavy atom. The van der Waals surface area contributed by atoms with E-state index in [1.165, 1.54) is 31.4 Å². The largest absolute Gasteiger partial charge is 0.352 e. The quantitative estimate of drug-likeness (QED) is 0.859. The topological polar surface area (TPSA) is 52.7 Å². The van der Waals surface area contributed by atoms with E-state index in [-0.39, 0.29) is 17.6 Å². The molecule has 3 rings (SSSR count). The van der Waals surface area contributed by atoms with Gasteiger partial charge in [-0.3, -0.25) is 14.5 Å². The highest BCUT2D eigenvalue weighted by molar-refractivity contribution is 5.79. The van der Waals surface area contributed by atoms with Gasteiger partial charge in [0.1, 0.15) is 5.82 Å². The van der Waals surface area contributed by atoms with Crippen LogP contribution in [0.5, 0.6) is 0 Å². The summed E-state index contributed by atoms with van der Waals surface area (Å²) in [5.41, 5.74) is 0.824. The Kier molecular flexibility index (Phi) is 6.83. The molecule has 2 amide bonds. The second-order valence-corrected chi connectivity index (χ2v) is 7.90. The molecule has 0 spiro atoms. The molecule has 5 nitrogen and oxygen atoms in total. The molecule has 1 saturated carbocycles. The predicted octanol–water partition coefficient (Wildman–Crippen LogP) is 2.21. The van der Waals surface area contributed by atoms with Gasteiger partial charge in [0.2, 0.25) is 11.8 Å². The number of benzene rings is 1. The van der Waals surface area contributed by atoms with Gasteiger partial charge in [0.05, 0.1) is 13.0 Å². The van der Waals surface area contributed by atoms with Crippen LogP contribution >= 0.6 is 0 Å². The average molecular weight is 375 g/mol. The minimum absolute atomic E-state index is 0.0572. The van der Waals surface area contributed by atoms with E-state index in [1.54, 1.807) is 12.1 Å². The fourth-order valence-electron chi connectivity index (χ4n) is 4.03. The number of nitrogens with zero attached hydrogens (tertiary/aromatic N) is 2. The van der Waals surface area contributed by atoms with E-state index in [0.717, 1.165) is 12.0 Å². The van der Waals surface area contributed by atoms with Crippen molar-refractivity contribution in [3.05, 3.63) is 35.6 Å². The summed E-state index contributed by atoms with van der Waals surface area (Å²) in [6.07, 6.45) is 5.03. The van der Waals surface area contributed by atoms with Crippen LogP contribution in [0.15, 0.2) is 24.3 Å². The lowest BCUT2D eigenvalue weighted by Crippen LogP contribution is -2.52. The first-order valence-electron chi connectivity index (χ1n) is 10.0. The molecule has 2 aliphatic rings. The lowest BCUT2D eigenvalue weighted by Gasteiger charge is -2.35. The summed E-state index contributed by atoms with van der Waals surface area (Å²) in [7, 11) is 0. The van der Waals surface area contributed by atoms with Gasteiger partial charge in [-0.05, 0) is 36.5 Å². The number of carbonyl (C=O) groups excluding carboxylic acids is 2. The number of nitrogens with one attached hydrogen (secondary N) is 1. The van der Waals surface area contributed by atoms with E-state index in [1.807, 2.05) is 4.90 Å². The smallest absolute Gasteiger partial charge is 0.234 e. The minimum atomic E-state index is -0.291. The van der Waals surface area contributed by atoms with Gasteiger partial charge in [-0.2, -0.15) is 0 Å². The van der Waals surface area contributed by atoms with E-state index < -0.39 is 0 Å². The van der Waals surface area contributed by atoms with Crippen molar-refractivity contribution in [1.82, 2.24) is 15.1 Å². The first-order valence-corrected chi connectivity index (χ1v) is 10.0. The van der Waals surface area contributed by atoms with Gasteiger partial charge in [0.15, 0.2) is 0 Å². The lowest BCUT2D eigenvalue weighted by atomic mass is 9.86. The molecule has 1 saturated heterocycles. The average Bonchev–Trinajstić information content (AvgIpc) is 2.66. The summed E-state index contributed by atoms with van der Waals surface area (Å²) in [6.45, 7) is 5.31. The Morgan fingerprint density at radius 1 is 1.07 bits per heavy atom. The fourth-order valence-corrected chi connectivity index (χ4v) is 4.03. The zero-order valence-electron chi connectivity index (χ0n) is 16.1. The molecule has 1 aliphatic carbocycles. The number of hydrogen-bond acceptors (Lipinski definition) is 3. The van der Waals surface area contributed by atoms with E-state index in [9.17, 15) is 14.0 Å². The highest BCUT2D eigenvalue weighted by Gasteiger charge is 2.25. The van der Waals surface area contributed by atoms with Gasteiger partial charge >= 0.3 is 0 Å². The summed E-state index contributed by atoms with van der Waals surface area (Å²) < 4.78 is 13.0. The Hall–Kier alpha value is -1.95. The number of rotatable bonds is 5. The highest BCUT2D eigenvalue weighted by atomic mass is 19.1. The molecule has 0 radical (unpaired) electrons. The van der Waals surface area contributed by atoms with Crippen molar-refractivity contribution in [2.45, 2.75) is 45.1 Å². The Morgan fingerprint density at radius 2 is 1.74 bits per heavy atom. The van der Waals surface area contributed by atoms with E-state index in [4.69, 9.17) is 0 Å². The minimum Gasteiger partial charge on any atom is -0.352 e. The molecule has 2 atom stereocenters. The van der Waals surface area contributed by atoms with Gasteiger partial charge in [-0.15, -0.1) is 0 Å². The molecular formula is C21H30FN3O2. The molecule has 27 heavy (non-hydrogen) atoms. The third-order valence-corrected chi connectivity index (χ3v) is 5.82. The predicted molar refractivity (Wildman–Crippen MR) is 103 cm³/mol. The van der Waals surface area contributed by atoms with Gasteiger partial charge in [0, 0.05) is 32.2 Å². The van der Waals surface area contributed by atoms with Crippen LogP contribution < -0.4 is 5.32 Å². The van der Waals surface area contributed by atoms with Crippen LogP contribution in [-0.2, 0) is 16.0 Å². The molecule has 6 heteroatoms. The van der Waals surface area contributed by atoms with Crippen molar-refractivity contribution in [3.8, 4) is 0 Å². The van der Waals surface area contributed by atoms with Crippen molar-refractivity contribution in [2.75, 3.05) is 32.7 Å². The molecule has 2 unspecified atom stereocenters. The first-order chi connectivity index (χ1) is 13.0. The SMILES string of the molecule is CC1CCCCC1NC(=O)CN1CCN(C(=O)Cc2ccc(F)cc2)CC1. The van der Waals surface area contributed by atoms with Crippen LogP contribution in [0.3, 0.4) is 0 Å². The van der Waals surface area contributed by atoms with Crippen LogP contribution in [0.25, 0.3) is 0 Å². The molecular weight excluding hydrogens is 345 g/mol. The van der Waals surface area contributed by atoms with E-state index in [0.29, 0.717) is 51.1 Å². The van der Waals surface area contributed by atoms with Gasteiger partial charge in [-0.25, -0.2) is 4.39 Å². The molecule has 1 heterocycles. The second-order valence-electron chi connectivity index (χ2n) is 7.90. The molecule has 2 fully saturated rings. The summed E-state index contributed by atoms with van der Waals surface area (Å²) in [5.74, 6) is 0.422. The van der Waals surface area contributed by atoms with Crippen molar-refractivity contribution >= 4 is 11.8 Å². The first kappa shape index (κ1) is 19.8. The zero-order chi connectivity index (χ0) is 19.2. The van der Waals surface area contributed by atoms with Crippen molar-refractivity contribution < 1.29 is 14.0 Å². The van der Waals surface area contributed by atoms with Crippen molar-refractivity contribution in [2.24, 2.45) is 5.92 Å². The zero-order valence-corrected chi connectivity index (χ0v) is 16.1. The molecule has 1 aromatic carbocycles. The third kappa shape index (κ3) is 5.76. The standard InChI is InChI=1S/C21H30FN3O2/c1-16-4-2-3-5-19(16)23-20(26)15-24-10-12-25(13-11-24)21(27)14-17-6-8-18(22)9-7-17/h6-9,16,19H,2-5,10-15H2,1H3,(H,23,26). The van der Waals surface area contributed by atoms with Crippen LogP contribution in [0.2, 0.25) is 0 Å². The van der Waals surface area contributed by atoms with Gasteiger partial charge in [0.25, 0.3) is 0 Å². The summed E-state index contributed by atoms with van der Waals surface area (Å²) in [5, 5.41) is 3.20. The number of hydrogen-bond donors (Lipinski definition) is 1. The maximum Gasteiger partial charge on any atom is 0.234 e. The fraction of sp³-hybridized carbons (Fsp3) is 0.619. The molecule has 1 aromatic rings. The summed E-state index contributed by atoms with van der Waals surface area (Å²) in [6, 6.07) is 6.38. The van der Waals surface area contributed by atoms with Crippen LogP contribution in [0.1, 0.15) is 38.2 Å². The number of amides is 2. The maximum absolute atomic E-state index is 13.0. The second kappa shape index (κ2) is 9.31. The van der Waals surface area contributed by atoms with Gasteiger partial charge in [-0.1, -0.05) is 31.9 Å². The maximum atomic E-state index is 13.0. The monoisotopic (exact) mass is 375 g/mol. The van der Waals surface area contributed by atoms with Crippen molar-refractivity contribution in [1.29, 1.82) is 0 Å². The Bertz CT molecular complexity index is 641. The van der Waals surface area contributed by atoms with Crippen LogP contribution in [0.4, 0.5) is 4.39 Å². The molecule has 0 aromatic heterocycles. The summed E-state index contributed by atoms with van der Waals surface area (Å²) in [4.78, 5) is 28.7. The lowest BCUT2D eigenvalue weighted by molar-refractivity contribution is -0.132. The molecule has 1 N–H and O–H groups in total. The van der Waals surface area contributed by atoms with E-state index >= 15 is 0 Å². The van der Waals surface area contributed by atoms with Gasteiger partial charge < -0.3 is 10.2 Å². The third-order valence-electron chi connectivity index (χ3n) is 5.82. The number of carbonyl (C=O) groups is 2. The normalized spacial score (nSPS) is 23.9. The van der Waals surface area contributed by atoms with E-state index in [2.05, 4.69) is 17.1 Å². The Labute approximate surface area is 160 Å². The summed E-state index contributed by atoms with van der Waals surface area (Å²) >= 11 is 0.